The van der Waals surface area contributed by atoms with E-state index in [4.69, 9.17) is 0 Å². The molecule has 4 heteroatoms. The van der Waals surface area contributed by atoms with Gasteiger partial charge in [0.1, 0.15) is 0 Å². The summed E-state index contributed by atoms with van der Waals surface area (Å²) in [6, 6.07) is 102. The maximum Gasteiger partial charge on any atom is 3.00 e. The molecular formula is C72H51AlO3. The molecule has 12 aromatic carbocycles. The summed E-state index contributed by atoms with van der Waals surface area (Å²) in [4.78, 5) is 0. The van der Waals surface area contributed by atoms with Gasteiger partial charge in [-0.1, -0.05) is 290 Å². The summed E-state index contributed by atoms with van der Waals surface area (Å²) in [5.74, 6) is 0.200. The summed E-state index contributed by atoms with van der Waals surface area (Å²) < 4.78 is 0. The third-order valence-electron chi connectivity index (χ3n) is 13.1. The van der Waals surface area contributed by atoms with Gasteiger partial charge in [-0.2, -0.15) is 0 Å². The maximum atomic E-state index is 13.2. The van der Waals surface area contributed by atoms with Crippen LogP contribution in [0, 0.1) is 0 Å². The van der Waals surface area contributed by atoms with Crippen LogP contribution in [0.3, 0.4) is 0 Å². The van der Waals surface area contributed by atoms with Gasteiger partial charge in [0.25, 0.3) is 0 Å². The van der Waals surface area contributed by atoms with Gasteiger partial charge in [-0.15, -0.1) is 0 Å². The van der Waals surface area contributed by atoms with E-state index in [-0.39, 0.29) is 34.6 Å². The fourth-order valence-corrected chi connectivity index (χ4v) is 9.27. The van der Waals surface area contributed by atoms with Crippen LogP contribution in [0.25, 0.3) is 100 Å². The summed E-state index contributed by atoms with van der Waals surface area (Å²) >= 11 is 0. The average molecular weight is 991 g/mol. The molecule has 76 heavy (non-hydrogen) atoms. The van der Waals surface area contributed by atoms with E-state index in [0.29, 0.717) is 0 Å². The van der Waals surface area contributed by atoms with Gasteiger partial charge in [0.05, 0.1) is 0 Å². The van der Waals surface area contributed by atoms with Crippen LogP contribution in [0.4, 0.5) is 0 Å². The predicted octanol–water partition coefficient (Wildman–Crippen LogP) is 16.9. The third kappa shape index (κ3) is 12.1. The summed E-state index contributed by atoms with van der Waals surface area (Å²) in [6.45, 7) is 0. The predicted molar refractivity (Wildman–Crippen MR) is 312 cm³/mol. The van der Waals surface area contributed by atoms with Crippen molar-refractivity contribution in [1.82, 2.24) is 0 Å². The SMILES string of the molecule is [Al+3].[O-]c1c(-c2ccccc2)cc(-c2ccccc2)cc1-c1ccccc1.[O-]c1c(-c2ccccc2)cc(-c2ccccc2)cc1-c1ccccc1.[O-]c1c(-c2ccccc2)cc(-c2ccccc2)cc1-c1ccccc1. The summed E-state index contributed by atoms with van der Waals surface area (Å²) in [5, 5.41) is 39.5. The Morgan fingerprint density at radius 2 is 0.263 bits per heavy atom. The zero-order valence-electron chi connectivity index (χ0n) is 41.7. The van der Waals surface area contributed by atoms with Crippen molar-refractivity contribution in [3.05, 3.63) is 309 Å². The zero-order chi connectivity index (χ0) is 51.2. The molecular weight excluding hydrogens is 940 g/mol. The molecule has 0 bridgehead atoms. The molecule has 0 N–H and O–H groups in total. The molecule has 12 rings (SSSR count). The van der Waals surface area contributed by atoms with Crippen molar-refractivity contribution in [2.24, 2.45) is 0 Å². The van der Waals surface area contributed by atoms with Crippen LogP contribution >= 0.6 is 0 Å². The second-order valence-electron chi connectivity index (χ2n) is 18.0. The van der Waals surface area contributed by atoms with Gasteiger partial charge in [-0.3, -0.25) is 0 Å². The summed E-state index contributed by atoms with van der Waals surface area (Å²) in [5.41, 5.74) is 16.6. The molecule has 360 valence electrons. The summed E-state index contributed by atoms with van der Waals surface area (Å²) in [7, 11) is 0. The van der Waals surface area contributed by atoms with E-state index in [2.05, 4.69) is 36.4 Å². The van der Waals surface area contributed by atoms with E-state index in [1.165, 1.54) is 0 Å². The van der Waals surface area contributed by atoms with Crippen LogP contribution in [0.15, 0.2) is 309 Å². The van der Waals surface area contributed by atoms with E-state index in [1.807, 2.05) is 273 Å². The molecule has 0 aromatic heterocycles. The molecule has 3 nitrogen and oxygen atoms in total. The Labute approximate surface area is 456 Å². The van der Waals surface area contributed by atoms with Crippen molar-refractivity contribution < 1.29 is 15.3 Å². The quantitative estimate of drug-likeness (QED) is 0.135. The first kappa shape index (κ1) is 51.5. The molecule has 0 atom stereocenters. The Morgan fingerprint density at radius 1 is 0.145 bits per heavy atom. The van der Waals surface area contributed by atoms with Crippen LogP contribution in [0.1, 0.15) is 0 Å². The van der Waals surface area contributed by atoms with Gasteiger partial charge in [0.2, 0.25) is 0 Å². The fourth-order valence-electron chi connectivity index (χ4n) is 9.27. The Hall–Kier alpha value is -9.43. The molecule has 0 aliphatic heterocycles. The van der Waals surface area contributed by atoms with Gasteiger partial charge in [-0.05, 0) is 137 Å². The Bertz CT molecular complexity index is 3150. The van der Waals surface area contributed by atoms with Crippen LogP contribution in [-0.2, 0) is 0 Å². The first-order valence-corrected chi connectivity index (χ1v) is 25.0. The summed E-state index contributed by atoms with van der Waals surface area (Å²) in [6.07, 6.45) is 0. The Kier molecular flexibility index (Phi) is 16.9. The van der Waals surface area contributed by atoms with Gasteiger partial charge >= 0.3 is 17.4 Å². The van der Waals surface area contributed by atoms with Crippen molar-refractivity contribution in [1.29, 1.82) is 0 Å². The van der Waals surface area contributed by atoms with Crippen LogP contribution in [0.5, 0.6) is 17.2 Å². The molecule has 0 saturated carbocycles. The number of hydrogen-bond acceptors (Lipinski definition) is 3. The largest absolute Gasteiger partial charge is 3.00 e. The molecule has 0 aliphatic carbocycles. The minimum Gasteiger partial charge on any atom is -0.872 e. The molecule has 0 fully saturated rings. The maximum absolute atomic E-state index is 13.2. The van der Waals surface area contributed by atoms with E-state index in [0.717, 1.165) is 100 Å². The van der Waals surface area contributed by atoms with Gasteiger partial charge in [0.15, 0.2) is 0 Å². The van der Waals surface area contributed by atoms with Crippen molar-refractivity contribution in [3.8, 4) is 117 Å². The number of hydrogen-bond donors (Lipinski definition) is 0. The van der Waals surface area contributed by atoms with Crippen molar-refractivity contribution in [2.75, 3.05) is 0 Å². The van der Waals surface area contributed by atoms with E-state index in [1.54, 1.807) is 0 Å². The van der Waals surface area contributed by atoms with Gasteiger partial charge in [-0.25, -0.2) is 0 Å². The first-order chi connectivity index (χ1) is 37.0. The second kappa shape index (κ2) is 25.0. The topological polar surface area (TPSA) is 69.2 Å². The molecule has 0 aliphatic rings. The van der Waals surface area contributed by atoms with Crippen molar-refractivity contribution >= 4 is 17.4 Å². The molecule has 12 aromatic rings. The third-order valence-corrected chi connectivity index (χ3v) is 13.1. The van der Waals surface area contributed by atoms with E-state index in [9.17, 15) is 15.3 Å². The molecule has 0 radical (unpaired) electrons. The van der Waals surface area contributed by atoms with E-state index < -0.39 is 0 Å². The van der Waals surface area contributed by atoms with Crippen molar-refractivity contribution in [2.45, 2.75) is 0 Å². The van der Waals surface area contributed by atoms with E-state index >= 15 is 0 Å². The molecule has 0 saturated heterocycles. The van der Waals surface area contributed by atoms with Crippen molar-refractivity contribution in [3.63, 3.8) is 0 Å². The minimum absolute atomic E-state index is 0. The molecule has 0 unspecified atom stereocenters. The van der Waals surface area contributed by atoms with Crippen LogP contribution in [0.2, 0.25) is 0 Å². The second-order valence-corrected chi connectivity index (χ2v) is 18.0. The zero-order valence-corrected chi connectivity index (χ0v) is 42.9. The van der Waals surface area contributed by atoms with Gasteiger partial charge < -0.3 is 15.3 Å². The number of rotatable bonds is 9. The fraction of sp³-hybridized carbons (Fsp3) is 0. The smallest absolute Gasteiger partial charge is 0.872 e. The standard InChI is InChI=1S/3C24H18O.Al/c3*25-24-22(19-12-6-2-7-13-19)16-21(18-10-4-1-5-11-18)17-23(24)20-14-8-3-9-15-20;/h3*1-17,25H;/q;;;+3/p-3. The normalized spacial score (nSPS) is 10.4. The monoisotopic (exact) mass is 990 g/mol. The molecule has 0 spiro atoms. The Balaban J connectivity index is 0.000000138. The molecule has 0 amide bonds. The molecule has 0 heterocycles. The van der Waals surface area contributed by atoms with Crippen LogP contribution in [-0.4, -0.2) is 17.4 Å². The minimum atomic E-state index is 0. The number of benzene rings is 12. The van der Waals surface area contributed by atoms with Gasteiger partial charge in [0, 0.05) is 0 Å². The average Bonchev–Trinajstić information content (AvgIpc) is 3.50. The first-order valence-electron chi connectivity index (χ1n) is 25.0. The van der Waals surface area contributed by atoms with Crippen LogP contribution < -0.4 is 15.3 Å². The Morgan fingerprint density at radius 3 is 0.395 bits per heavy atom.